The Balaban J connectivity index is 1.81. The van der Waals surface area contributed by atoms with Crippen LogP contribution in [0.2, 0.25) is 5.02 Å². The molecular formula is C18H18ClNO2. The molecule has 0 saturated carbocycles. The van der Waals surface area contributed by atoms with Crippen molar-refractivity contribution in [2.45, 2.75) is 19.3 Å². The first-order valence-corrected chi connectivity index (χ1v) is 7.90. The molecule has 22 heavy (non-hydrogen) atoms. The van der Waals surface area contributed by atoms with Crippen LogP contribution in [0.25, 0.3) is 11.1 Å². The second kappa shape index (κ2) is 6.41. The van der Waals surface area contributed by atoms with Crippen molar-refractivity contribution in [3.8, 4) is 16.9 Å². The van der Waals surface area contributed by atoms with Crippen LogP contribution in [-0.4, -0.2) is 29.0 Å². The highest BCUT2D eigenvalue weighted by Crippen LogP contribution is 2.28. The fourth-order valence-electron chi connectivity index (χ4n) is 2.83. The molecule has 1 N–H and O–H groups in total. The lowest BCUT2D eigenvalue weighted by Gasteiger charge is -2.26. The van der Waals surface area contributed by atoms with Crippen LogP contribution in [-0.2, 0) is 0 Å². The number of nitrogens with zero attached hydrogens (tertiary/aromatic N) is 1. The molecule has 0 bridgehead atoms. The number of likely N-dealkylation sites (tertiary alicyclic amines) is 1. The Kier molecular flexibility index (Phi) is 4.34. The molecule has 1 aliphatic heterocycles. The summed E-state index contributed by atoms with van der Waals surface area (Å²) in [7, 11) is 0. The highest BCUT2D eigenvalue weighted by atomic mass is 35.5. The van der Waals surface area contributed by atoms with Gasteiger partial charge in [-0.1, -0.05) is 23.7 Å². The third kappa shape index (κ3) is 3.25. The number of hydrogen-bond acceptors (Lipinski definition) is 2. The van der Waals surface area contributed by atoms with E-state index in [9.17, 15) is 9.90 Å². The molecular weight excluding hydrogens is 298 g/mol. The summed E-state index contributed by atoms with van der Waals surface area (Å²) in [6.07, 6.45) is 3.39. The van der Waals surface area contributed by atoms with E-state index in [1.807, 2.05) is 29.2 Å². The minimum Gasteiger partial charge on any atom is -0.508 e. The molecule has 0 atom stereocenters. The van der Waals surface area contributed by atoms with Crippen molar-refractivity contribution in [2.75, 3.05) is 13.1 Å². The van der Waals surface area contributed by atoms with Crippen LogP contribution >= 0.6 is 11.6 Å². The van der Waals surface area contributed by atoms with Crippen molar-refractivity contribution in [3.63, 3.8) is 0 Å². The zero-order valence-electron chi connectivity index (χ0n) is 12.3. The van der Waals surface area contributed by atoms with E-state index in [0.29, 0.717) is 10.6 Å². The van der Waals surface area contributed by atoms with Gasteiger partial charge in [0.25, 0.3) is 5.91 Å². The summed E-state index contributed by atoms with van der Waals surface area (Å²) in [5.41, 5.74) is 2.46. The van der Waals surface area contributed by atoms with Gasteiger partial charge in [-0.2, -0.15) is 0 Å². The Morgan fingerprint density at radius 3 is 2.27 bits per heavy atom. The van der Waals surface area contributed by atoms with Crippen LogP contribution in [0.1, 0.15) is 29.6 Å². The van der Waals surface area contributed by atoms with E-state index in [2.05, 4.69) is 0 Å². The number of rotatable bonds is 2. The first-order valence-electron chi connectivity index (χ1n) is 7.53. The zero-order chi connectivity index (χ0) is 15.5. The van der Waals surface area contributed by atoms with E-state index in [4.69, 9.17) is 11.6 Å². The minimum absolute atomic E-state index is 0.0974. The molecule has 2 aromatic rings. The minimum atomic E-state index is 0.0974. The smallest absolute Gasteiger partial charge is 0.253 e. The van der Waals surface area contributed by atoms with Gasteiger partial charge < -0.3 is 10.0 Å². The molecule has 1 heterocycles. The third-order valence-corrected chi connectivity index (χ3v) is 4.21. The lowest BCUT2D eigenvalue weighted by atomic mass is 10.0. The van der Waals surface area contributed by atoms with E-state index in [1.165, 1.54) is 12.5 Å². The third-order valence-electron chi connectivity index (χ3n) is 3.99. The Hall–Kier alpha value is -2.00. The Labute approximate surface area is 135 Å². The maximum absolute atomic E-state index is 12.4. The van der Waals surface area contributed by atoms with Gasteiger partial charge in [-0.05, 0) is 60.7 Å². The van der Waals surface area contributed by atoms with Crippen molar-refractivity contribution in [1.82, 2.24) is 4.90 Å². The van der Waals surface area contributed by atoms with Crippen molar-refractivity contribution >= 4 is 17.5 Å². The van der Waals surface area contributed by atoms with E-state index >= 15 is 0 Å². The number of halogens is 1. The monoisotopic (exact) mass is 315 g/mol. The largest absolute Gasteiger partial charge is 0.508 e. The summed E-state index contributed by atoms with van der Waals surface area (Å²) in [6, 6.07) is 12.4. The van der Waals surface area contributed by atoms with E-state index in [0.717, 1.165) is 37.1 Å². The maximum Gasteiger partial charge on any atom is 0.253 e. The topological polar surface area (TPSA) is 40.5 Å². The van der Waals surface area contributed by atoms with E-state index < -0.39 is 0 Å². The van der Waals surface area contributed by atoms with Gasteiger partial charge in [0.1, 0.15) is 5.75 Å². The highest BCUT2D eigenvalue weighted by molar-refractivity contribution is 6.31. The van der Waals surface area contributed by atoms with Crippen LogP contribution in [0.5, 0.6) is 5.75 Å². The van der Waals surface area contributed by atoms with Crippen LogP contribution in [0.3, 0.4) is 0 Å². The summed E-state index contributed by atoms with van der Waals surface area (Å²) in [5.74, 6) is 0.233. The summed E-state index contributed by atoms with van der Waals surface area (Å²) >= 11 is 5.96. The second-order valence-electron chi connectivity index (χ2n) is 5.63. The van der Waals surface area contributed by atoms with Gasteiger partial charge in [-0.25, -0.2) is 0 Å². The zero-order valence-corrected chi connectivity index (χ0v) is 13.0. The molecule has 1 amide bonds. The van der Waals surface area contributed by atoms with Gasteiger partial charge in [0.2, 0.25) is 0 Å². The summed E-state index contributed by atoms with van der Waals surface area (Å²) in [6.45, 7) is 1.70. The maximum atomic E-state index is 12.4. The van der Waals surface area contributed by atoms with Crippen molar-refractivity contribution < 1.29 is 9.90 Å². The number of benzene rings is 2. The number of piperidine rings is 1. The van der Waals surface area contributed by atoms with Gasteiger partial charge in [0.05, 0.1) is 0 Å². The summed E-state index contributed by atoms with van der Waals surface area (Å²) in [4.78, 5) is 14.3. The van der Waals surface area contributed by atoms with Gasteiger partial charge in [-0.15, -0.1) is 0 Å². The number of phenolic OH excluding ortho intramolecular Hbond substituents is 1. The average molecular weight is 316 g/mol. The summed E-state index contributed by atoms with van der Waals surface area (Å²) < 4.78 is 0. The Morgan fingerprint density at radius 1 is 0.955 bits per heavy atom. The molecule has 2 aromatic carbocycles. The molecule has 4 heteroatoms. The number of aromatic hydroxyl groups is 1. The van der Waals surface area contributed by atoms with Crippen LogP contribution in [0.4, 0.5) is 0 Å². The molecule has 0 radical (unpaired) electrons. The normalized spacial score (nSPS) is 14.9. The molecule has 0 spiro atoms. The quantitative estimate of drug-likeness (QED) is 0.895. The van der Waals surface area contributed by atoms with Crippen LogP contribution in [0.15, 0.2) is 42.5 Å². The predicted octanol–water partition coefficient (Wildman–Crippen LogP) is 4.34. The second-order valence-corrected chi connectivity index (χ2v) is 6.06. The molecule has 3 nitrogen and oxygen atoms in total. The number of carbonyl (C=O) groups is 1. The molecule has 114 valence electrons. The summed E-state index contributed by atoms with van der Waals surface area (Å²) in [5, 5.41) is 10.1. The van der Waals surface area contributed by atoms with Gasteiger partial charge in [0.15, 0.2) is 0 Å². The number of phenols is 1. The van der Waals surface area contributed by atoms with Crippen LogP contribution in [0, 0.1) is 0 Å². The fraction of sp³-hybridized carbons (Fsp3) is 0.278. The lowest BCUT2D eigenvalue weighted by Crippen LogP contribution is -2.35. The Morgan fingerprint density at radius 2 is 1.64 bits per heavy atom. The molecule has 0 aliphatic carbocycles. The van der Waals surface area contributed by atoms with Gasteiger partial charge in [0, 0.05) is 23.7 Å². The van der Waals surface area contributed by atoms with Crippen molar-refractivity contribution in [1.29, 1.82) is 0 Å². The SMILES string of the molecule is O=C(c1ccc(-c2cc(O)cc(Cl)c2)cc1)N1CCCCC1. The standard InChI is InChI=1S/C18H18ClNO2/c19-16-10-15(11-17(21)12-16)13-4-6-14(7-5-13)18(22)20-8-2-1-3-9-20/h4-7,10-12,21H,1-3,8-9H2. The molecule has 0 aromatic heterocycles. The number of carbonyl (C=O) groups excluding carboxylic acids is 1. The molecule has 1 saturated heterocycles. The fourth-order valence-corrected chi connectivity index (χ4v) is 3.05. The van der Waals surface area contributed by atoms with Crippen LogP contribution < -0.4 is 0 Å². The molecule has 1 aliphatic rings. The molecule has 3 rings (SSSR count). The van der Waals surface area contributed by atoms with E-state index in [-0.39, 0.29) is 11.7 Å². The molecule has 1 fully saturated rings. The first-order chi connectivity index (χ1) is 10.6. The van der Waals surface area contributed by atoms with E-state index in [1.54, 1.807) is 12.1 Å². The van der Waals surface area contributed by atoms with Crippen molar-refractivity contribution in [2.24, 2.45) is 0 Å². The average Bonchev–Trinajstić information content (AvgIpc) is 2.54. The van der Waals surface area contributed by atoms with Crippen molar-refractivity contribution in [3.05, 3.63) is 53.1 Å². The first kappa shape index (κ1) is 14.9. The molecule has 0 unspecified atom stereocenters. The highest BCUT2D eigenvalue weighted by Gasteiger charge is 2.17. The number of amides is 1. The lowest BCUT2D eigenvalue weighted by molar-refractivity contribution is 0.0724. The van der Waals surface area contributed by atoms with Gasteiger partial charge >= 0.3 is 0 Å². The predicted molar refractivity (Wildman–Crippen MR) is 88.3 cm³/mol. The Bertz CT molecular complexity index is 656. The number of hydrogen-bond donors (Lipinski definition) is 1. The van der Waals surface area contributed by atoms with Gasteiger partial charge in [-0.3, -0.25) is 4.79 Å².